The third-order valence-electron chi connectivity index (χ3n) is 2.75. The minimum absolute atomic E-state index is 0.0793. The van der Waals surface area contributed by atoms with Crippen molar-refractivity contribution in [2.45, 2.75) is 39.7 Å². The van der Waals surface area contributed by atoms with E-state index in [4.69, 9.17) is 0 Å². The summed E-state index contributed by atoms with van der Waals surface area (Å²) in [5, 5.41) is 5.72. The molecule has 0 unspecified atom stereocenters. The number of aryl methyl sites for hydroxylation is 1. The maximum Gasteiger partial charge on any atom is 0.315 e. The Morgan fingerprint density at radius 1 is 1.12 bits per heavy atom. The van der Waals surface area contributed by atoms with E-state index < -0.39 is 0 Å². The van der Waals surface area contributed by atoms with Gasteiger partial charge in [0.25, 0.3) is 0 Å². The zero-order valence-electron chi connectivity index (χ0n) is 10.8. The molecule has 3 nitrogen and oxygen atoms in total. The molecule has 1 aromatic carbocycles. The second-order valence-corrected chi connectivity index (χ2v) is 4.09. The highest BCUT2D eigenvalue weighted by molar-refractivity contribution is 5.73. The largest absolute Gasteiger partial charge is 0.338 e. The molecule has 0 saturated carbocycles. The summed E-state index contributed by atoms with van der Waals surface area (Å²) in [7, 11) is 0. The maximum atomic E-state index is 11.5. The van der Waals surface area contributed by atoms with Gasteiger partial charge in [-0.05, 0) is 24.0 Å². The number of hydrogen-bond acceptors (Lipinski definition) is 1. The van der Waals surface area contributed by atoms with Crippen molar-refractivity contribution in [1.82, 2.24) is 10.6 Å². The molecule has 0 atom stereocenters. The number of benzene rings is 1. The lowest BCUT2D eigenvalue weighted by Crippen LogP contribution is -2.35. The van der Waals surface area contributed by atoms with Gasteiger partial charge in [-0.15, -0.1) is 0 Å². The average Bonchev–Trinajstić information content (AvgIpc) is 2.37. The van der Waals surface area contributed by atoms with Gasteiger partial charge in [-0.3, -0.25) is 0 Å². The quantitative estimate of drug-likeness (QED) is 0.730. The monoisotopic (exact) mass is 234 g/mol. The van der Waals surface area contributed by atoms with Crippen LogP contribution in [0.2, 0.25) is 0 Å². The summed E-state index contributed by atoms with van der Waals surface area (Å²) in [6.45, 7) is 5.58. The molecular weight excluding hydrogens is 212 g/mol. The predicted octanol–water partition coefficient (Wildman–Crippen LogP) is 2.85. The first-order chi connectivity index (χ1) is 8.27. The van der Waals surface area contributed by atoms with Crippen LogP contribution in [0.1, 0.15) is 37.8 Å². The summed E-state index contributed by atoms with van der Waals surface area (Å²) in [6, 6.07) is 8.12. The fourth-order valence-corrected chi connectivity index (χ4v) is 1.69. The highest BCUT2D eigenvalue weighted by Gasteiger charge is 2.02. The first kappa shape index (κ1) is 13.6. The number of carbonyl (C=O) groups is 1. The van der Waals surface area contributed by atoms with Gasteiger partial charge in [0.1, 0.15) is 0 Å². The zero-order valence-corrected chi connectivity index (χ0v) is 10.8. The van der Waals surface area contributed by atoms with Gasteiger partial charge in [-0.2, -0.15) is 0 Å². The minimum Gasteiger partial charge on any atom is -0.338 e. The first-order valence-electron chi connectivity index (χ1n) is 6.36. The summed E-state index contributed by atoms with van der Waals surface area (Å²) in [5.74, 6) is 0. The fraction of sp³-hybridized carbons (Fsp3) is 0.500. The zero-order chi connectivity index (χ0) is 12.5. The molecule has 94 valence electrons. The van der Waals surface area contributed by atoms with Crippen molar-refractivity contribution in [1.29, 1.82) is 0 Å². The second-order valence-electron chi connectivity index (χ2n) is 4.09. The summed E-state index contributed by atoms with van der Waals surface area (Å²) >= 11 is 0. The van der Waals surface area contributed by atoms with E-state index in [1.807, 2.05) is 12.1 Å². The molecule has 2 amide bonds. The van der Waals surface area contributed by atoms with Gasteiger partial charge in [-0.25, -0.2) is 4.79 Å². The van der Waals surface area contributed by atoms with Gasteiger partial charge in [0.2, 0.25) is 0 Å². The second kappa shape index (κ2) is 7.71. The fourth-order valence-electron chi connectivity index (χ4n) is 1.69. The van der Waals surface area contributed by atoms with Crippen LogP contribution in [-0.4, -0.2) is 12.6 Å². The van der Waals surface area contributed by atoms with E-state index in [1.165, 1.54) is 11.1 Å². The van der Waals surface area contributed by atoms with Gasteiger partial charge < -0.3 is 10.6 Å². The van der Waals surface area contributed by atoms with Crippen LogP contribution < -0.4 is 10.6 Å². The molecule has 1 rings (SSSR count). The van der Waals surface area contributed by atoms with Crippen LogP contribution in [0, 0.1) is 0 Å². The third-order valence-corrected chi connectivity index (χ3v) is 2.75. The minimum atomic E-state index is -0.0793. The molecule has 0 fully saturated rings. The molecule has 0 aliphatic carbocycles. The molecule has 0 aromatic heterocycles. The Balaban J connectivity index is 2.36. The number of rotatable bonds is 6. The van der Waals surface area contributed by atoms with E-state index in [2.05, 4.69) is 36.6 Å². The Labute approximate surface area is 104 Å². The molecule has 17 heavy (non-hydrogen) atoms. The lowest BCUT2D eigenvalue weighted by Gasteiger charge is -2.10. The molecule has 0 heterocycles. The van der Waals surface area contributed by atoms with Crippen molar-refractivity contribution >= 4 is 6.03 Å². The normalized spacial score (nSPS) is 10.0. The molecule has 0 radical (unpaired) electrons. The van der Waals surface area contributed by atoms with Crippen molar-refractivity contribution in [2.24, 2.45) is 0 Å². The molecule has 1 aromatic rings. The maximum absolute atomic E-state index is 11.5. The van der Waals surface area contributed by atoms with E-state index in [-0.39, 0.29) is 6.03 Å². The molecule has 0 bridgehead atoms. The topological polar surface area (TPSA) is 41.1 Å². The van der Waals surface area contributed by atoms with E-state index in [1.54, 1.807) is 0 Å². The number of carbonyl (C=O) groups excluding carboxylic acids is 1. The third kappa shape index (κ3) is 4.89. The van der Waals surface area contributed by atoms with Crippen LogP contribution in [0.3, 0.4) is 0 Å². The Bertz CT molecular complexity index is 350. The molecule has 0 spiro atoms. The van der Waals surface area contributed by atoms with Crippen LogP contribution in [0.25, 0.3) is 0 Å². The molecule has 3 heteroatoms. The van der Waals surface area contributed by atoms with Crippen molar-refractivity contribution in [2.75, 3.05) is 6.54 Å². The van der Waals surface area contributed by atoms with Crippen LogP contribution in [-0.2, 0) is 13.0 Å². The van der Waals surface area contributed by atoms with Gasteiger partial charge in [0.15, 0.2) is 0 Å². The van der Waals surface area contributed by atoms with Gasteiger partial charge in [-0.1, -0.05) is 44.5 Å². The van der Waals surface area contributed by atoms with Crippen LogP contribution in [0.15, 0.2) is 24.3 Å². The Kier molecular flexibility index (Phi) is 6.15. The molecule has 0 aliphatic rings. The highest BCUT2D eigenvalue weighted by Crippen LogP contribution is 2.08. The number of unbranched alkanes of at least 4 members (excludes halogenated alkanes) is 1. The Morgan fingerprint density at radius 3 is 2.47 bits per heavy atom. The smallest absolute Gasteiger partial charge is 0.315 e. The molecular formula is C14H22N2O. The van der Waals surface area contributed by atoms with Crippen molar-refractivity contribution in [3.63, 3.8) is 0 Å². The Morgan fingerprint density at radius 2 is 1.82 bits per heavy atom. The van der Waals surface area contributed by atoms with Crippen molar-refractivity contribution in [3.05, 3.63) is 35.4 Å². The summed E-state index contributed by atoms with van der Waals surface area (Å²) < 4.78 is 0. The van der Waals surface area contributed by atoms with E-state index in [0.29, 0.717) is 6.54 Å². The first-order valence-corrected chi connectivity index (χ1v) is 6.36. The van der Waals surface area contributed by atoms with Gasteiger partial charge in [0.05, 0.1) is 0 Å². The van der Waals surface area contributed by atoms with E-state index in [0.717, 1.165) is 25.8 Å². The van der Waals surface area contributed by atoms with Crippen LogP contribution >= 0.6 is 0 Å². The number of urea groups is 1. The summed E-state index contributed by atoms with van der Waals surface area (Å²) in [5.41, 5.74) is 2.49. The summed E-state index contributed by atoms with van der Waals surface area (Å²) in [4.78, 5) is 11.5. The predicted molar refractivity (Wildman–Crippen MR) is 71.0 cm³/mol. The van der Waals surface area contributed by atoms with Crippen LogP contribution in [0.5, 0.6) is 0 Å². The number of nitrogens with one attached hydrogen (secondary N) is 2. The van der Waals surface area contributed by atoms with Crippen LogP contribution in [0.4, 0.5) is 4.79 Å². The van der Waals surface area contributed by atoms with Crippen molar-refractivity contribution in [3.8, 4) is 0 Å². The Hall–Kier alpha value is -1.51. The molecule has 0 saturated heterocycles. The standard InChI is InChI=1S/C14H22N2O/c1-3-5-10-15-14(17)16-11-13-9-7-6-8-12(13)4-2/h6-9H,3-5,10-11H2,1-2H3,(H2,15,16,17). The van der Waals surface area contributed by atoms with Gasteiger partial charge >= 0.3 is 6.03 Å². The van der Waals surface area contributed by atoms with E-state index in [9.17, 15) is 4.79 Å². The van der Waals surface area contributed by atoms with Gasteiger partial charge in [0, 0.05) is 13.1 Å². The lowest BCUT2D eigenvalue weighted by molar-refractivity contribution is 0.240. The highest BCUT2D eigenvalue weighted by atomic mass is 16.2. The molecule has 0 aliphatic heterocycles. The number of amides is 2. The summed E-state index contributed by atoms with van der Waals surface area (Å²) in [6.07, 6.45) is 3.12. The number of hydrogen-bond donors (Lipinski definition) is 2. The van der Waals surface area contributed by atoms with E-state index >= 15 is 0 Å². The lowest BCUT2D eigenvalue weighted by atomic mass is 10.1. The SMILES string of the molecule is CCCCNC(=O)NCc1ccccc1CC. The average molecular weight is 234 g/mol. The molecule has 2 N–H and O–H groups in total. The van der Waals surface area contributed by atoms with Crippen molar-refractivity contribution < 1.29 is 4.79 Å².